The van der Waals surface area contributed by atoms with Crippen LogP contribution in [0.2, 0.25) is 0 Å². The van der Waals surface area contributed by atoms with Crippen molar-refractivity contribution in [1.82, 2.24) is 0 Å². The van der Waals surface area contributed by atoms with E-state index < -0.39 is 0 Å². The lowest BCUT2D eigenvalue weighted by Crippen LogP contribution is -2.38. The molecule has 3 aromatic rings. The summed E-state index contributed by atoms with van der Waals surface area (Å²) in [5.41, 5.74) is 3.13. The molecule has 3 heteroatoms. The van der Waals surface area contributed by atoms with Crippen LogP contribution in [-0.4, -0.2) is 5.78 Å². The lowest BCUT2D eigenvalue weighted by molar-refractivity contribution is -0.683. The van der Waals surface area contributed by atoms with Gasteiger partial charge in [-0.1, -0.05) is 42.5 Å². The van der Waals surface area contributed by atoms with Gasteiger partial charge in [-0.15, -0.1) is 17.0 Å². The molecule has 2 aromatic carbocycles. The zero-order valence-corrected chi connectivity index (χ0v) is 14.5. The average molecular weight is 357 g/mol. The molecule has 0 aliphatic carbocycles. The fraction of sp³-hybridized carbons (Fsp3) is 0.158. The van der Waals surface area contributed by atoms with E-state index in [1.807, 2.05) is 73.3 Å². The molecular weight excluding hydrogens is 338 g/mol. The smallest absolute Gasteiger partial charge is 0.228 e. The second kappa shape index (κ2) is 6.84. The number of hydrogen-bond acceptors (Lipinski definition) is 1. The predicted molar refractivity (Wildman–Crippen MR) is 94.7 cm³/mol. The Kier molecular flexibility index (Phi) is 5.09. The van der Waals surface area contributed by atoms with Crippen molar-refractivity contribution in [3.05, 3.63) is 77.6 Å². The second-order valence-corrected chi connectivity index (χ2v) is 5.51. The van der Waals surface area contributed by atoms with Crippen LogP contribution in [0.1, 0.15) is 21.5 Å². The van der Waals surface area contributed by atoms with Gasteiger partial charge in [0.05, 0.1) is 0 Å². The van der Waals surface area contributed by atoms with Crippen LogP contribution < -0.4 is 4.57 Å². The van der Waals surface area contributed by atoms with E-state index in [4.69, 9.17) is 0 Å². The average Bonchev–Trinajstić information content (AvgIpc) is 2.45. The van der Waals surface area contributed by atoms with Crippen molar-refractivity contribution in [3.8, 4) is 0 Å². The maximum Gasteiger partial charge on any atom is 0.228 e. The Morgan fingerprint density at radius 2 is 1.59 bits per heavy atom. The molecule has 0 saturated carbocycles. The monoisotopic (exact) mass is 356 g/mol. The first-order chi connectivity index (χ1) is 10.1. The molecule has 22 heavy (non-hydrogen) atoms. The number of nitrogens with zero attached hydrogens (tertiary/aromatic N) is 1. The summed E-state index contributed by atoms with van der Waals surface area (Å²) in [7, 11) is 0. The number of carbonyl (C=O) groups excluding carboxylic acids is 1. The van der Waals surface area contributed by atoms with E-state index in [2.05, 4.69) is 6.07 Å². The number of benzene rings is 2. The first kappa shape index (κ1) is 16.4. The van der Waals surface area contributed by atoms with Crippen LogP contribution in [-0.2, 0) is 6.54 Å². The normalized spacial score (nSPS) is 10.3. The highest BCUT2D eigenvalue weighted by Gasteiger charge is 2.15. The molecule has 0 fully saturated rings. The van der Waals surface area contributed by atoms with E-state index in [1.165, 1.54) is 11.1 Å². The molecule has 0 aliphatic heterocycles. The van der Waals surface area contributed by atoms with Crippen molar-refractivity contribution in [3.63, 3.8) is 0 Å². The third kappa shape index (κ3) is 3.42. The number of halogens is 1. The summed E-state index contributed by atoms with van der Waals surface area (Å²) in [6, 6.07) is 16.0. The zero-order chi connectivity index (χ0) is 14.8. The molecule has 0 N–H and O–H groups in total. The lowest BCUT2D eigenvalue weighted by Gasteiger charge is -2.04. The van der Waals surface area contributed by atoms with Gasteiger partial charge in [0.2, 0.25) is 12.3 Å². The van der Waals surface area contributed by atoms with Crippen molar-refractivity contribution in [2.75, 3.05) is 0 Å². The van der Waals surface area contributed by atoms with Crippen LogP contribution in [0, 0.1) is 13.8 Å². The van der Waals surface area contributed by atoms with Crippen LogP contribution in [0.15, 0.2) is 60.9 Å². The number of aromatic nitrogens is 1. The van der Waals surface area contributed by atoms with Crippen molar-refractivity contribution < 1.29 is 9.36 Å². The molecule has 0 aliphatic rings. The first-order valence-electron chi connectivity index (χ1n) is 7.12. The SMILES string of the molecule is Br.Cc1cc(C)c[n+](CC(=O)c2cccc3ccccc23)c1. The Balaban J connectivity index is 0.00000176. The maximum atomic E-state index is 12.6. The van der Waals surface area contributed by atoms with Gasteiger partial charge < -0.3 is 0 Å². The standard InChI is InChI=1S/C19H18NO.BrH/c1-14-10-15(2)12-20(11-14)13-19(21)18-9-5-7-16-6-3-4-8-17(16)18;/h3-12H,13H2,1-2H3;1H/q+1;. The summed E-state index contributed by atoms with van der Waals surface area (Å²) >= 11 is 0. The number of Topliss-reactive ketones (excluding diaryl/α,β-unsaturated/α-hetero) is 1. The molecule has 0 radical (unpaired) electrons. The van der Waals surface area contributed by atoms with Gasteiger partial charge in [-0.3, -0.25) is 4.79 Å². The number of carbonyl (C=O) groups is 1. The van der Waals surface area contributed by atoms with E-state index in [0.717, 1.165) is 16.3 Å². The van der Waals surface area contributed by atoms with Gasteiger partial charge in [-0.05, 0) is 30.7 Å². The minimum Gasteiger partial charge on any atom is -0.287 e. The molecule has 0 saturated heterocycles. The minimum atomic E-state index is 0. The van der Waals surface area contributed by atoms with E-state index in [0.29, 0.717) is 6.54 Å². The van der Waals surface area contributed by atoms with Crippen LogP contribution in [0.3, 0.4) is 0 Å². The van der Waals surface area contributed by atoms with E-state index in [-0.39, 0.29) is 22.8 Å². The number of aryl methyl sites for hydroxylation is 2. The van der Waals surface area contributed by atoms with Gasteiger partial charge in [-0.2, -0.15) is 4.57 Å². The zero-order valence-electron chi connectivity index (χ0n) is 12.7. The number of rotatable bonds is 3. The molecule has 1 aromatic heterocycles. The highest BCUT2D eigenvalue weighted by atomic mass is 79.9. The summed E-state index contributed by atoms with van der Waals surface area (Å²) in [5.74, 6) is 0.141. The summed E-state index contributed by atoms with van der Waals surface area (Å²) in [4.78, 5) is 12.6. The molecule has 112 valence electrons. The lowest BCUT2D eigenvalue weighted by atomic mass is 10.0. The molecule has 3 rings (SSSR count). The Morgan fingerprint density at radius 1 is 0.955 bits per heavy atom. The van der Waals surface area contributed by atoms with Crippen molar-refractivity contribution in [1.29, 1.82) is 0 Å². The molecule has 0 unspecified atom stereocenters. The Labute approximate surface area is 141 Å². The molecule has 2 nitrogen and oxygen atoms in total. The summed E-state index contributed by atoms with van der Waals surface area (Å²) < 4.78 is 1.97. The van der Waals surface area contributed by atoms with Crippen LogP contribution in [0.4, 0.5) is 0 Å². The summed E-state index contributed by atoms with van der Waals surface area (Å²) in [6.07, 6.45) is 4.02. The van der Waals surface area contributed by atoms with E-state index in [1.54, 1.807) is 0 Å². The van der Waals surface area contributed by atoms with Crippen molar-refractivity contribution in [2.24, 2.45) is 0 Å². The maximum absolute atomic E-state index is 12.6. The number of fused-ring (bicyclic) bond motifs is 1. The fourth-order valence-electron chi connectivity index (χ4n) is 2.80. The van der Waals surface area contributed by atoms with Crippen LogP contribution in [0.25, 0.3) is 10.8 Å². The topological polar surface area (TPSA) is 20.9 Å². The largest absolute Gasteiger partial charge is 0.287 e. The van der Waals surface area contributed by atoms with Crippen molar-refractivity contribution in [2.45, 2.75) is 20.4 Å². The fourth-order valence-corrected chi connectivity index (χ4v) is 2.80. The third-order valence-electron chi connectivity index (χ3n) is 3.61. The molecular formula is C19H19BrNO+. The van der Waals surface area contributed by atoms with Gasteiger partial charge in [0.25, 0.3) is 0 Å². The molecule has 0 atom stereocenters. The van der Waals surface area contributed by atoms with Gasteiger partial charge >= 0.3 is 0 Å². The summed E-state index contributed by atoms with van der Waals surface area (Å²) in [5, 5.41) is 2.13. The van der Waals surface area contributed by atoms with Gasteiger partial charge in [-0.25, -0.2) is 0 Å². The quantitative estimate of drug-likeness (QED) is 0.508. The minimum absolute atomic E-state index is 0. The molecule has 0 bridgehead atoms. The number of ketones is 1. The van der Waals surface area contributed by atoms with E-state index >= 15 is 0 Å². The Bertz CT molecular complexity index is 801. The van der Waals surface area contributed by atoms with Crippen molar-refractivity contribution >= 4 is 33.5 Å². The second-order valence-electron chi connectivity index (χ2n) is 5.51. The number of pyridine rings is 1. The third-order valence-corrected chi connectivity index (χ3v) is 3.61. The Morgan fingerprint density at radius 3 is 2.32 bits per heavy atom. The van der Waals surface area contributed by atoms with Crippen LogP contribution in [0.5, 0.6) is 0 Å². The van der Waals surface area contributed by atoms with Gasteiger partial charge in [0.1, 0.15) is 0 Å². The van der Waals surface area contributed by atoms with Gasteiger partial charge in [0.15, 0.2) is 12.4 Å². The van der Waals surface area contributed by atoms with Crippen LogP contribution >= 0.6 is 17.0 Å². The van der Waals surface area contributed by atoms with Gasteiger partial charge in [0, 0.05) is 16.7 Å². The highest BCUT2D eigenvalue weighted by Crippen LogP contribution is 2.18. The molecule has 1 heterocycles. The molecule has 0 amide bonds. The summed E-state index contributed by atoms with van der Waals surface area (Å²) in [6.45, 7) is 4.47. The molecule has 0 spiro atoms. The number of hydrogen-bond donors (Lipinski definition) is 0. The Hall–Kier alpha value is -2.00. The predicted octanol–water partition coefficient (Wildman–Crippen LogP) is 4.20. The highest BCUT2D eigenvalue weighted by molar-refractivity contribution is 8.93. The first-order valence-corrected chi connectivity index (χ1v) is 7.12. The van der Waals surface area contributed by atoms with E-state index in [9.17, 15) is 4.79 Å².